The van der Waals surface area contributed by atoms with Crippen LogP contribution in [0.5, 0.6) is 46.0 Å². The fourth-order valence-corrected chi connectivity index (χ4v) is 8.91. The molecule has 0 radical (unpaired) electrons. The van der Waals surface area contributed by atoms with Gasteiger partial charge in [-0.25, -0.2) is 0 Å². The number of benzene rings is 4. The van der Waals surface area contributed by atoms with Crippen LogP contribution in [0.1, 0.15) is 155 Å². The van der Waals surface area contributed by atoms with E-state index in [1.54, 1.807) is 66.7 Å². The summed E-state index contributed by atoms with van der Waals surface area (Å²) in [5.41, 5.74) is 6.48. The van der Waals surface area contributed by atoms with Crippen LogP contribution in [0, 0.1) is 34.1 Å². The summed E-state index contributed by atoms with van der Waals surface area (Å²) in [6, 6.07) is 15.4. The van der Waals surface area contributed by atoms with Gasteiger partial charge in [0.25, 0.3) is 0 Å². The standard InChI is InChI=1S/C17H26O4.C13H18O2.C11H15BrO4.C7H8O2.C6H11.C3H8O.C2H3ClO.BrH.Zn/c1-13-9-15(20-11-18-2)10-16(21-12-19-3)17(13)14-7-5-4-6-8-14;1-9-7-11(14)8-12(15)13(9)10-5-3-2-4-6-10;1-8-4-9(15-6-13-2)5-10(11(8)12)16-7-14-3;1-5-2-6(8)4-7(9)3-5;1-2-4-6-5-3-1;1-3-4-2;1-2(3)4;;/h9-10,14H,4-8,11-12H2,1-3H3;7-8,10,14-15H,2-6H2,1H3;4-5H,6-7H2,1-3H3;2-4,8-9H,1H3;1H,2-6H2;3H2,1-2H3;1H3;1H;/q;;;;-1;;;;+2/p-1. The first-order chi connectivity index (χ1) is 37.0. The monoisotopic (exact) mass is 1280 g/mol. The van der Waals surface area contributed by atoms with Crippen LogP contribution in [0.25, 0.3) is 0 Å². The first kappa shape index (κ1) is 73.6. The van der Waals surface area contributed by atoms with Crippen molar-refractivity contribution in [3.8, 4) is 46.0 Å². The summed E-state index contributed by atoms with van der Waals surface area (Å²) in [5.74, 6) is 4.75. The first-order valence-corrected chi connectivity index (χ1v) is 34.2. The number of methoxy groups -OCH3 is 5. The molecule has 3 aliphatic carbocycles. The molecule has 7 rings (SSSR count). The van der Waals surface area contributed by atoms with E-state index in [-0.39, 0.29) is 55.4 Å². The molecule has 4 N–H and O–H groups in total. The Labute approximate surface area is 491 Å². The van der Waals surface area contributed by atoms with Crippen LogP contribution in [0.3, 0.4) is 0 Å². The molecular formula is C59H89Br2ClO14Zn. The van der Waals surface area contributed by atoms with E-state index in [1.807, 2.05) is 32.9 Å². The number of phenols is 4. The average Bonchev–Trinajstić information content (AvgIpc) is 3.41. The SMILES string of the molecule is CC(=O)Cl.CCOC.COCOc1cc(C)c(Br)c(OCOC)c1.COCOc1cc(C)c(C2CCCCC2)c(OCOC)c1.Cc1cc(O)cc(O)c1.Cc1cc(O)cc(O)c1C1CCCCC1.[CH-]1CCCCC1.[Zn+][Br]. The van der Waals surface area contributed by atoms with Crippen molar-refractivity contribution in [2.45, 2.75) is 150 Å². The molecule has 77 heavy (non-hydrogen) atoms. The van der Waals surface area contributed by atoms with Crippen LogP contribution in [-0.2, 0) is 44.8 Å². The van der Waals surface area contributed by atoms with E-state index in [4.69, 9.17) is 48.1 Å². The van der Waals surface area contributed by atoms with Crippen LogP contribution in [0.2, 0.25) is 0 Å². The summed E-state index contributed by atoms with van der Waals surface area (Å²) in [7, 11) is 8.09. The second-order valence-corrected chi connectivity index (χ2v) is 19.6. The minimum atomic E-state index is -0.361. The van der Waals surface area contributed by atoms with E-state index in [1.165, 1.54) is 143 Å². The summed E-state index contributed by atoms with van der Waals surface area (Å²) in [6.45, 7) is 12.8. The number of rotatable bonds is 15. The van der Waals surface area contributed by atoms with Crippen molar-refractivity contribution in [3.05, 3.63) is 98.9 Å². The quantitative estimate of drug-likeness (QED) is 0.0382. The maximum absolute atomic E-state index is 9.86. The van der Waals surface area contributed by atoms with E-state index in [0.29, 0.717) is 23.3 Å². The summed E-state index contributed by atoms with van der Waals surface area (Å²) >= 11 is 12.3. The van der Waals surface area contributed by atoms with Crippen molar-refractivity contribution in [2.24, 2.45) is 0 Å². The normalized spacial score (nSPS) is 13.8. The number of hydrogen-bond donors (Lipinski definition) is 4. The predicted molar refractivity (Wildman–Crippen MR) is 311 cm³/mol. The number of aromatic hydroxyl groups is 4. The Hall–Kier alpha value is -3.38. The molecule has 4 aromatic carbocycles. The fraction of sp³-hybridized carbons (Fsp3) is 0.559. The third kappa shape index (κ3) is 33.7. The third-order valence-corrected chi connectivity index (χ3v) is 12.9. The van der Waals surface area contributed by atoms with Crippen molar-refractivity contribution < 1.29 is 84.2 Å². The average molecular weight is 1280 g/mol. The van der Waals surface area contributed by atoms with Gasteiger partial charge in [0.2, 0.25) is 5.24 Å². The molecule has 3 saturated carbocycles. The van der Waals surface area contributed by atoms with E-state index < -0.39 is 0 Å². The van der Waals surface area contributed by atoms with Gasteiger partial charge in [-0.15, -0.1) is 0 Å². The zero-order chi connectivity index (χ0) is 58.0. The van der Waals surface area contributed by atoms with Crippen LogP contribution < -0.4 is 18.9 Å². The van der Waals surface area contributed by atoms with Crippen molar-refractivity contribution in [3.63, 3.8) is 0 Å². The van der Waals surface area contributed by atoms with Gasteiger partial charge in [0.1, 0.15) is 46.0 Å². The number of phenolic OH excluding ortho intramolecular Hbond substituents is 4. The molecule has 0 bridgehead atoms. The van der Waals surface area contributed by atoms with Gasteiger partial charge in [0, 0.05) is 84.5 Å². The number of aryl methyl sites for hydroxylation is 4. The summed E-state index contributed by atoms with van der Waals surface area (Å²) < 4.78 is 47.3. The molecule has 0 atom stereocenters. The number of carbonyl (C=O) groups is 1. The van der Waals surface area contributed by atoms with E-state index >= 15 is 0 Å². The van der Waals surface area contributed by atoms with E-state index in [2.05, 4.69) is 65.3 Å². The second-order valence-electron chi connectivity index (χ2n) is 18.3. The Morgan fingerprint density at radius 2 is 0.922 bits per heavy atom. The van der Waals surface area contributed by atoms with E-state index in [9.17, 15) is 15.0 Å². The van der Waals surface area contributed by atoms with Gasteiger partial charge in [0.05, 0.1) is 4.47 Å². The molecule has 4 aromatic rings. The van der Waals surface area contributed by atoms with Crippen molar-refractivity contribution in [2.75, 3.05) is 69.3 Å². The van der Waals surface area contributed by atoms with Crippen LogP contribution in [-0.4, -0.2) is 95.0 Å². The molecule has 0 heterocycles. The van der Waals surface area contributed by atoms with Crippen molar-refractivity contribution in [1.82, 2.24) is 0 Å². The topological polar surface area (TPSA) is 181 Å². The fourth-order valence-electron chi connectivity index (χ4n) is 8.57. The molecule has 0 aromatic heterocycles. The molecular weight excluding hydrogens is 1190 g/mol. The number of carbonyl (C=O) groups excluding carboxylic acids is 1. The van der Waals surface area contributed by atoms with Gasteiger partial charge in [-0.1, -0.05) is 57.8 Å². The van der Waals surface area contributed by atoms with E-state index in [0.717, 1.165) is 44.8 Å². The van der Waals surface area contributed by atoms with Crippen molar-refractivity contribution >= 4 is 46.4 Å². The molecule has 0 spiro atoms. The Kier molecular flexibility index (Phi) is 44.3. The Balaban J connectivity index is 0.000000931. The number of hydrogen-bond acceptors (Lipinski definition) is 14. The third-order valence-electron chi connectivity index (χ3n) is 11.9. The predicted octanol–water partition coefficient (Wildman–Crippen LogP) is 16.0. The number of halogens is 3. The van der Waals surface area contributed by atoms with Crippen LogP contribution >= 0.6 is 41.2 Å². The Morgan fingerprint density at radius 3 is 1.31 bits per heavy atom. The molecule has 432 valence electrons. The summed E-state index contributed by atoms with van der Waals surface area (Å²) in [6.07, 6.45) is 22.1. The molecule has 3 fully saturated rings. The van der Waals surface area contributed by atoms with Gasteiger partial charge in [-0.3, -0.25) is 4.79 Å². The first-order valence-electron chi connectivity index (χ1n) is 26.1. The summed E-state index contributed by atoms with van der Waals surface area (Å²) in [4.78, 5) is 9.21. The Morgan fingerprint density at radius 1 is 0.545 bits per heavy atom. The van der Waals surface area contributed by atoms with Crippen LogP contribution in [0.15, 0.2) is 59.1 Å². The van der Waals surface area contributed by atoms with Gasteiger partial charge in [-0.2, -0.15) is 12.8 Å². The molecule has 0 saturated heterocycles. The zero-order valence-corrected chi connectivity index (χ0v) is 54.7. The molecule has 18 heteroatoms. The van der Waals surface area contributed by atoms with Gasteiger partial charge in [0.15, 0.2) is 27.2 Å². The van der Waals surface area contributed by atoms with Crippen LogP contribution in [0.4, 0.5) is 0 Å². The Bertz CT molecular complexity index is 2060. The molecule has 0 unspecified atom stereocenters. The molecule has 14 nitrogen and oxygen atoms in total. The van der Waals surface area contributed by atoms with Gasteiger partial charge in [-0.05, 0) is 152 Å². The minimum absolute atomic E-state index is 0.104. The molecule has 0 amide bonds. The zero-order valence-electron chi connectivity index (χ0n) is 47.8. The number of ether oxygens (including phenoxy) is 9. The van der Waals surface area contributed by atoms with Gasteiger partial charge < -0.3 is 69.5 Å². The summed E-state index contributed by atoms with van der Waals surface area (Å²) in [5, 5.41) is 36.5. The second kappa shape index (κ2) is 46.4. The molecule has 0 aliphatic heterocycles. The van der Waals surface area contributed by atoms with Crippen molar-refractivity contribution in [1.29, 1.82) is 0 Å². The molecule has 3 aliphatic rings. The van der Waals surface area contributed by atoms with Gasteiger partial charge >= 0.3 is 30.0 Å². The maximum atomic E-state index is 9.86.